The molecule has 0 aliphatic rings. The fraction of sp³-hybridized carbons (Fsp3) is 0.200. The molecule has 0 atom stereocenters. The summed E-state index contributed by atoms with van der Waals surface area (Å²) in [5.41, 5.74) is 0.908. The van der Waals surface area contributed by atoms with Crippen molar-refractivity contribution >= 4 is 11.9 Å². The van der Waals surface area contributed by atoms with Crippen molar-refractivity contribution in [3.63, 3.8) is 0 Å². The number of benzene rings is 1. The van der Waals surface area contributed by atoms with Gasteiger partial charge in [-0.25, -0.2) is 9.78 Å². The molecule has 1 N–H and O–H groups in total. The maximum Gasteiger partial charge on any atom is 0.415 e. The lowest BCUT2D eigenvalue weighted by molar-refractivity contribution is 0.145. The number of ether oxygens (including phenoxy) is 1. The number of nitrogens with zero attached hydrogens (tertiary/aromatic N) is 2. The Bertz CT molecular complexity index is 531. The van der Waals surface area contributed by atoms with Gasteiger partial charge in [-0.3, -0.25) is 4.90 Å². The monoisotopic (exact) mass is 272 g/mol. The Morgan fingerprint density at radius 1 is 1.15 bits per heavy atom. The zero-order chi connectivity index (χ0) is 14.2. The number of carbonyl (C=O) groups excluding carboxylic acids is 1. The summed E-state index contributed by atoms with van der Waals surface area (Å²) in [4.78, 5) is 17.5. The Hall–Kier alpha value is -2.40. The molecule has 20 heavy (non-hydrogen) atoms. The molecule has 2 aromatic rings. The summed E-state index contributed by atoms with van der Waals surface area (Å²) in [6, 6.07) is 14.7. The van der Waals surface area contributed by atoms with Crippen molar-refractivity contribution in [3.05, 3.63) is 60.3 Å². The number of amides is 1. The maximum absolute atomic E-state index is 12.1. The van der Waals surface area contributed by atoms with Crippen molar-refractivity contribution in [3.8, 4) is 0 Å². The van der Waals surface area contributed by atoms with Gasteiger partial charge in [0.15, 0.2) is 0 Å². The van der Waals surface area contributed by atoms with Gasteiger partial charge in [-0.15, -0.1) is 0 Å². The van der Waals surface area contributed by atoms with Crippen molar-refractivity contribution in [2.45, 2.75) is 6.61 Å². The van der Waals surface area contributed by atoms with Gasteiger partial charge in [0, 0.05) is 6.20 Å². The molecular weight excluding hydrogens is 256 g/mol. The van der Waals surface area contributed by atoms with Gasteiger partial charge in [0.25, 0.3) is 0 Å². The first kappa shape index (κ1) is 14.0. The van der Waals surface area contributed by atoms with Crippen molar-refractivity contribution in [1.29, 1.82) is 0 Å². The Balaban J connectivity index is 2.01. The van der Waals surface area contributed by atoms with Crippen LogP contribution in [0.2, 0.25) is 0 Å². The Morgan fingerprint density at radius 3 is 2.55 bits per heavy atom. The molecule has 0 bridgehead atoms. The fourth-order valence-corrected chi connectivity index (χ4v) is 1.71. The molecule has 0 spiro atoms. The van der Waals surface area contributed by atoms with Crippen molar-refractivity contribution in [2.75, 3.05) is 18.1 Å². The van der Waals surface area contributed by atoms with Crippen LogP contribution in [0.25, 0.3) is 0 Å². The summed E-state index contributed by atoms with van der Waals surface area (Å²) in [6.07, 6.45) is 1.06. The van der Waals surface area contributed by atoms with Gasteiger partial charge >= 0.3 is 6.09 Å². The molecule has 0 saturated carbocycles. The van der Waals surface area contributed by atoms with Gasteiger partial charge in [0.2, 0.25) is 0 Å². The SMILES string of the molecule is O=C(OCc1ccccc1)N(CCO)c1ccccn1. The van der Waals surface area contributed by atoms with Gasteiger partial charge in [-0.05, 0) is 17.7 Å². The Kier molecular flexibility index (Phi) is 5.08. The second-order valence-electron chi connectivity index (χ2n) is 4.10. The predicted octanol–water partition coefficient (Wildman–Crippen LogP) is 2.22. The molecule has 0 aliphatic carbocycles. The van der Waals surface area contributed by atoms with Gasteiger partial charge in [-0.1, -0.05) is 36.4 Å². The third kappa shape index (κ3) is 3.80. The van der Waals surface area contributed by atoms with Gasteiger partial charge in [0.1, 0.15) is 12.4 Å². The molecule has 5 heteroatoms. The topological polar surface area (TPSA) is 62.7 Å². The van der Waals surface area contributed by atoms with E-state index >= 15 is 0 Å². The van der Waals surface area contributed by atoms with E-state index in [4.69, 9.17) is 9.84 Å². The van der Waals surface area contributed by atoms with Crippen LogP contribution >= 0.6 is 0 Å². The van der Waals surface area contributed by atoms with E-state index in [9.17, 15) is 4.79 Å². The highest BCUT2D eigenvalue weighted by Crippen LogP contribution is 2.11. The molecule has 1 aromatic carbocycles. The number of hydrogen-bond donors (Lipinski definition) is 1. The Morgan fingerprint density at radius 2 is 1.90 bits per heavy atom. The van der Waals surface area contributed by atoms with Gasteiger partial charge < -0.3 is 9.84 Å². The number of aliphatic hydroxyl groups excluding tert-OH is 1. The first-order valence-corrected chi connectivity index (χ1v) is 6.31. The molecule has 104 valence electrons. The summed E-state index contributed by atoms with van der Waals surface area (Å²) in [5.74, 6) is 0.458. The van der Waals surface area contributed by atoms with Crippen LogP contribution in [0.4, 0.5) is 10.6 Å². The van der Waals surface area contributed by atoms with Crippen LogP contribution in [-0.2, 0) is 11.3 Å². The van der Waals surface area contributed by atoms with E-state index in [-0.39, 0.29) is 19.8 Å². The second-order valence-corrected chi connectivity index (χ2v) is 4.10. The molecular formula is C15H16N2O3. The van der Waals surface area contributed by atoms with E-state index in [0.717, 1.165) is 5.56 Å². The fourth-order valence-electron chi connectivity index (χ4n) is 1.71. The van der Waals surface area contributed by atoms with Crippen LogP contribution in [0.3, 0.4) is 0 Å². The average molecular weight is 272 g/mol. The minimum absolute atomic E-state index is 0.143. The van der Waals surface area contributed by atoms with Crippen molar-refractivity contribution in [2.24, 2.45) is 0 Å². The first-order valence-electron chi connectivity index (χ1n) is 6.31. The van der Waals surface area contributed by atoms with Crippen LogP contribution in [0, 0.1) is 0 Å². The highest BCUT2D eigenvalue weighted by atomic mass is 16.6. The maximum atomic E-state index is 12.1. The van der Waals surface area contributed by atoms with Gasteiger partial charge in [-0.2, -0.15) is 0 Å². The molecule has 0 saturated heterocycles. The van der Waals surface area contributed by atoms with Crippen LogP contribution < -0.4 is 4.90 Å². The number of aromatic nitrogens is 1. The number of carbonyl (C=O) groups is 1. The first-order chi connectivity index (χ1) is 9.81. The zero-order valence-corrected chi connectivity index (χ0v) is 11.0. The minimum atomic E-state index is -0.526. The molecule has 0 fully saturated rings. The third-order valence-corrected chi connectivity index (χ3v) is 2.67. The quantitative estimate of drug-likeness (QED) is 0.906. The van der Waals surface area contributed by atoms with Crippen LogP contribution in [-0.4, -0.2) is 29.3 Å². The highest BCUT2D eigenvalue weighted by molar-refractivity contribution is 5.86. The summed E-state index contributed by atoms with van der Waals surface area (Å²) in [6.45, 7) is 0.177. The smallest absolute Gasteiger partial charge is 0.415 e. The van der Waals surface area contributed by atoms with Crippen LogP contribution in [0.15, 0.2) is 54.7 Å². The van der Waals surface area contributed by atoms with Crippen LogP contribution in [0.5, 0.6) is 0 Å². The van der Waals surface area contributed by atoms with E-state index in [1.807, 2.05) is 30.3 Å². The Labute approximate surface area is 117 Å². The molecule has 1 aromatic heterocycles. The molecule has 0 unspecified atom stereocenters. The van der Waals surface area contributed by atoms with E-state index in [2.05, 4.69) is 4.98 Å². The molecule has 1 amide bonds. The lowest BCUT2D eigenvalue weighted by atomic mass is 10.2. The molecule has 5 nitrogen and oxygen atoms in total. The van der Waals surface area contributed by atoms with Crippen molar-refractivity contribution in [1.82, 2.24) is 4.98 Å². The number of anilines is 1. The lowest BCUT2D eigenvalue weighted by Crippen LogP contribution is -2.34. The lowest BCUT2D eigenvalue weighted by Gasteiger charge is -2.20. The molecule has 2 rings (SSSR count). The van der Waals surface area contributed by atoms with Gasteiger partial charge in [0.05, 0.1) is 13.2 Å². The normalized spacial score (nSPS) is 10.1. The van der Waals surface area contributed by atoms with Crippen LogP contribution in [0.1, 0.15) is 5.56 Å². The molecule has 0 aliphatic heterocycles. The number of pyridine rings is 1. The van der Waals surface area contributed by atoms with Crippen molar-refractivity contribution < 1.29 is 14.6 Å². The standard InChI is InChI=1S/C15H16N2O3/c18-11-10-17(14-8-4-5-9-16-14)15(19)20-12-13-6-2-1-3-7-13/h1-9,18H,10-12H2. The summed E-state index contributed by atoms with van der Waals surface area (Å²) in [7, 11) is 0. The summed E-state index contributed by atoms with van der Waals surface area (Å²) in [5, 5.41) is 9.05. The van der Waals surface area contributed by atoms with E-state index < -0.39 is 6.09 Å². The largest absolute Gasteiger partial charge is 0.444 e. The molecule has 1 heterocycles. The number of hydrogen-bond acceptors (Lipinski definition) is 4. The zero-order valence-electron chi connectivity index (χ0n) is 11.0. The highest BCUT2D eigenvalue weighted by Gasteiger charge is 2.17. The number of aliphatic hydroxyl groups is 1. The minimum Gasteiger partial charge on any atom is -0.444 e. The van der Waals surface area contributed by atoms with E-state index in [1.54, 1.807) is 24.4 Å². The number of rotatable bonds is 5. The summed E-state index contributed by atoms with van der Waals surface area (Å²) < 4.78 is 5.23. The third-order valence-electron chi connectivity index (χ3n) is 2.67. The molecule has 0 radical (unpaired) electrons. The second kappa shape index (κ2) is 7.25. The van der Waals surface area contributed by atoms with E-state index in [0.29, 0.717) is 5.82 Å². The van der Waals surface area contributed by atoms with E-state index in [1.165, 1.54) is 4.90 Å². The average Bonchev–Trinajstić information content (AvgIpc) is 2.52. The summed E-state index contributed by atoms with van der Waals surface area (Å²) >= 11 is 0. The predicted molar refractivity (Wildman–Crippen MR) is 75.3 cm³/mol.